The first-order valence-electron chi connectivity index (χ1n) is 9.87. The van der Waals surface area contributed by atoms with Crippen LogP contribution in [0, 0.1) is 0 Å². The fourth-order valence-electron chi connectivity index (χ4n) is 4.61. The van der Waals surface area contributed by atoms with Crippen molar-refractivity contribution in [2.24, 2.45) is 0 Å². The molecule has 0 bridgehead atoms. The first-order chi connectivity index (χ1) is 14.7. The monoisotopic (exact) mass is 400 g/mol. The molecule has 7 heteroatoms. The molecule has 0 radical (unpaired) electrons. The summed E-state index contributed by atoms with van der Waals surface area (Å²) in [4.78, 5) is 38.1. The highest BCUT2D eigenvalue weighted by Crippen LogP contribution is 2.48. The minimum absolute atomic E-state index is 0.0355. The summed E-state index contributed by atoms with van der Waals surface area (Å²) in [6.07, 6.45) is 3.17. The van der Waals surface area contributed by atoms with E-state index in [1.165, 1.54) is 0 Å². The molecule has 4 heterocycles. The van der Waals surface area contributed by atoms with Gasteiger partial charge in [-0.2, -0.15) is 0 Å². The van der Waals surface area contributed by atoms with E-state index in [-0.39, 0.29) is 36.4 Å². The van der Waals surface area contributed by atoms with Crippen LogP contribution < -0.4 is 4.90 Å². The van der Waals surface area contributed by atoms with E-state index in [9.17, 15) is 14.7 Å². The maximum atomic E-state index is 13.2. The van der Waals surface area contributed by atoms with Crippen LogP contribution in [-0.4, -0.2) is 57.0 Å². The smallest absolute Gasteiger partial charge is 0.276 e. The molecule has 2 amide bonds. The van der Waals surface area contributed by atoms with Gasteiger partial charge in [0.1, 0.15) is 11.4 Å². The molecule has 7 nitrogen and oxygen atoms in total. The van der Waals surface area contributed by atoms with Gasteiger partial charge >= 0.3 is 0 Å². The number of fused-ring (bicyclic) bond motifs is 3. The lowest BCUT2D eigenvalue weighted by molar-refractivity contribution is -0.0250. The molecule has 2 aliphatic rings. The summed E-state index contributed by atoms with van der Waals surface area (Å²) in [7, 11) is 0. The van der Waals surface area contributed by atoms with Crippen molar-refractivity contribution in [2.75, 3.05) is 18.1 Å². The molecule has 2 aromatic heterocycles. The first kappa shape index (κ1) is 18.4. The van der Waals surface area contributed by atoms with E-state index in [1.54, 1.807) is 58.6 Å². The average molecular weight is 400 g/mol. The van der Waals surface area contributed by atoms with Crippen LogP contribution in [0.5, 0.6) is 0 Å². The molecule has 1 saturated heterocycles. The van der Waals surface area contributed by atoms with Crippen LogP contribution in [0.15, 0.2) is 73.1 Å². The summed E-state index contributed by atoms with van der Waals surface area (Å²) < 4.78 is 0. The number of carbonyl (C=O) groups is 2. The second-order valence-electron chi connectivity index (χ2n) is 7.46. The molecular weight excluding hydrogens is 380 g/mol. The molecule has 0 saturated carbocycles. The van der Waals surface area contributed by atoms with Crippen molar-refractivity contribution in [2.45, 2.75) is 18.0 Å². The fourth-order valence-corrected chi connectivity index (χ4v) is 4.61. The zero-order chi connectivity index (χ0) is 20.7. The number of pyridine rings is 2. The van der Waals surface area contributed by atoms with E-state index < -0.39 is 0 Å². The van der Waals surface area contributed by atoms with Crippen LogP contribution in [0.3, 0.4) is 0 Å². The van der Waals surface area contributed by atoms with Gasteiger partial charge in [0.05, 0.1) is 18.7 Å². The van der Waals surface area contributed by atoms with E-state index in [1.807, 2.05) is 24.3 Å². The van der Waals surface area contributed by atoms with Crippen LogP contribution in [0.4, 0.5) is 5.69 Å². The van der Waals surface area contributed by atoms with Gasteiger partial charge in [0.2, 0.25) is 0 Å². The summed E-state index contributed by atoms with van der Waals surface area (Å²) in [6.45, 7) is 0.189. The third kappa shape index (κ3) is 2.78. The average Bonchev–Trinajstić information content (AvgIpc) is 2.80. The first-order valence-corrected chi connectivity index (χ1v) is 9.87. The summed E-state index contributed by atoms with van der Waals surface area (Å²) in [6, 6.07) is 17.5. The molecule has 0 unspecified atom stereocenters. The largest absolute Gasteiger partial charge is 0.394 e. The Morgan fingerprint density at radius 2 is 1.53 bits per heavy atom. The topological polar surface area (TPSA) is 86.6 Å². The molecule has 3 atom stereocenters. The number of carbonyl (C=O) groups excluding carboxylic acids is 2. The van der Waals surface area contributed by atoms with Crippen molar-refractivity contribution in [1.29, 1.82) is 0 Å². The third-order valence-electron chi connectivity index (χ3n) is 5.93. The third-order valence-corrected chi connectivity index (χ3v) is 5.93. The Bertz CT molecular complexity index is 1090. The Morgan fingerprint density at radius 3 is 2.17 bits per heavy atom. The Hall–Kier alpha value is -3.58. The second-order valence-corrected chi connectivity index (χ2v) is 7.46. The number of nitrogens with zero attached hydrogens (tertiary/aromatic N) is 4. The summed E-state index contributed by atoms with van der Waals surface area (Å²) >= 11 is 0. The SMILES string of the molecule is O=C(c1ccccn1)N1C[C@H]2[C@@H](c3ccccc31)[C@H](CO)N2C(=O)c1ccccn1. The zero-order valence-corrected chi connectivity index (χ0v) is 16.1. The zero-order valence-electron chi connectivity index (χ0n) is 16.1. The number of hydrogen-bond donors (Lipinski definition) is 1. The maximum absolute atomic E-state index is 13.2. The predicted octanol–water partition coefficient (Wildman–Crippen LogP) is 2.11. The molecule has 1 fully saturated rings. The number of aliphatic hydroxyl groups excluding tert-OH is 1. The van der Waals surface area contributed by atoms with Gasteiger partial charge in [-0.25, -0.2) is 0 Å². The highest BCUT2D eigenvalue weighted by atomic mass is 16.3. The van der Waals surface area contributed by atoms with Gasteiger partial charge in [0.25, 0.3) is 11.8 Å². The lowest BCUT2D eigenvalue weighted by Crippen LogP contribution is -2.70. The number of benzene rings is 1. The molecule has 1 N–H and O–H groups in total. The minimum atomic E-state index is -0.349. The standard InChI is InChI=1S/C23H20N4O3/c28-14-20-21-15-7-1-2-10-18(15)26(22(29)16-8-3-5-11-24-16)13-19(21)27(20)23(30)17-9-4-6-12-25-17/h1-12,19-21,28H,13-14H2/t19-,20-,21+/m0/s1. The summed E-state index contributed by atoms with van der Waals surface area (Å²) in [5, 5.41) is 10.1. The van der Waals surface area contributed by atoms with Gasteiger partial charge in [-0.05, 0) is 35.9 Å². The van der Waals surface area contributed by atoms with E-state index in [2.05, 4.69) is 9.97 Å². The van der Waals surface area contributed by atoms with Crippen molar-refractivity contribution in [3.8, 4) is 0 Å². The molecule has 0 aliphatic carbocycles. The molecule has 3 aromatic rings. The quantitative estimate of drug-likeness (QED) is 0.728. The van der Waals surface area contributed by atoms with Gasteiger partial charge in [-0.15, -0.1) is 0 Å². The van der Waals surface area contributed by atoms with Crippen molar-refractivity contribution >= 4 is 17.5 Å². The molecular formula is C23H20N4O3. The van der Waals surface area contributed by atoms with E-state index in [4.69, 9.17) is 0 Å². The fraction of sp³-hybridized carbons (Fsp3) is 0.217. The van der Waals surface area contributed by atoms with Crippen LogP contribution >= 0.6 is 0 Å². The van der Waals surface area contributed by atoms with Crippen molar-refractivity contribution in [3.63, 3.8) is 0 Å². The summed E-state index contributed by atoms with van der Waals surface area (Å²) in [5.74, 6) is -0.480. The highest BCUT2D eigenvalue weighted by molar-refractivity contribution is 6.06. The van der Waals surface area contributed by atoms with Crippen LogP contribution in [0.1, 0.15) is 32.5 Å². The number of hydrogen-bond acceptors (Lipinski definition) is 5. The van der Waals surface area contributed by atoms with E-state index >= 15 is 0 Å². The van der Waals surface area contributed by atoms with E-state index in [0.29, 0.717) is 17.9 Å². The van der Waals surface area contributed by atoms with Gasteiger partial charge < -0.3 is 14.9 Å². The number of amides is 2. The molecule has 30 heavy (non-hydrogen) atoms. The van der Waals surface area contributed by atoms with Gasteiger partial charge in [0, 0.05) is 30.5 Å². The number of para-hydroxylation sites is 1. The van der Waals surface area contributed by atoms with Crippen LogP contribution in [0.25, 0.3) is 0 Å². The van der Waals surface area contributed by atoms with Crippen LogP contribution in [0.2, 0.25) is 0 Å². The Kier molecular flexibility index (Phi) is 4.52. The predicted molar refractivity (Wildman–Crippen MR) is 110 cm³/mol. The summed E-state index contributed by atoms with van der Waals surface area (Å²) in [5.41, 5.74) is 2.45. The Morgan fingerprint density at radius 1 is 0.900 bits per heavy atom. The highest BCUT2D eigenvalue weighted by Gasteiger charge is 2.55. The van der Waals surface area contributed by atoms with Gasteiger partial charge in [-0.3, -0.25) is 19.6 Å². The van der Waals surface area contributed by atoms with Crippen molar-refractivity contribution in [3.05, 3.63) is 90.0 Å². The molecule has 2 aliphatic heterocycles. The lowest BCUT2D eigenvalue weighted by Gasteiger charge is -2.58. The van der Waals surface area contributed by atoms with Crippen molar-refractivity contribution in [1.82, 2.24) is 14.9 Å². The number of rotatable bonds is 3. The van der Waals surface area contributed by atoms with Gasteiger partial charge in [0.15, 0.2) is 0 Å². The van der Waals surface area contributed by atoms with Crippen molar-refractivity contribution < 1.29 is 14.7 Å². The molecule has 5 rings (SSSR count). The maximum Gasteiger partial charge on any atom is 0.276 e. The Labute approximate surface area is 173 Å². The second kappa shape index (κ2) is 7.35. The van der Waals surface area contributed by atoms with Crippen LogP contribution in [-0.2, 0) is 0 Å². The number of likely N-dealkylation sites (tertiary alicyclic amines) is 1. The van der Waals surface area contributed by atoms with Gasteiger partial charge in [-0.1, -0.05) is 30.3 Å². The number of aliphatic hydroxyl groups is 1. The molecule has 0 spiro atoms. The number of aromatic nitrogens is 2. The lowest BCUT2D eigenvalue weighted by atomic mass is 9.71. The minimum Gasteiger partial charge on any atom is -0.394 e. The molecule has 1 aromatic carbocycles. The molecule has 150 valence electrons. The number of anilines is 1. The normalized spacial score (nSPS) is 22.0. The van der Waals surface area contributed by atoms with E-state index in [0.717, 1.165) is 11.3 Å². The Balaban J connectivity index is 1.54.